The largest absolute Gasteiger partial charge is 0.493 e. The average molecular weight is 264 g/mol. The minimum atomic E-state index is 0.535. The van der Waals surface area contributed by atoms with Gasteiger partial charge in [-0.1, -0.05) is 38.0 Å². The van der Waals surface area contributed by atoms with Gasteiger partial charge in [0.15, 0.2) is 0 Å². The SMILES string of the molecule is CCCCCN(C)CCCOc1ccccc1CN. The van der Waals surface area contributed by atoms with Crippen molar-refractivity contribution in [3.8, 4) is 5.75 Å². The predicted octanol–water partition coefficient (Wildman–Crippen LogP) is 3.04. The summed E-state index contributed by atoms with van der Waals surface area (Å²) in [6.45, 7) is 5.81. The first-order valence-electron chi connectivity index (χ1n) is 7.37. The molecule has 0 saturated heterocycles. The predicted molar refractivity (Wildman–Crippen MR) is 81.5 cm³/mol. The Balaban J connectivity index is 2.16. The number of para-hydroxylation sites is 1. The summed E-state index contributed by atoms with van der Waals surface area (Å²) in [6.07, 6.45) is 4.96. The fourth-order valence-electron chi connectivity index (χ4n) is 2.07. The second-order valence-electron chi connectivity index (χ2n) is 5.02. The van der Waals surface area contributed by atoms with Crippen LogP contribution in [-0.4, -0.2) is 31.6 Å². The second kappa shape index (κ2) is 9.82. The lowest BCUT2D eigenvalue weighted by atomic mass is 10.2. The number of benzene rings is 1. The van der Waals surface area contributed by atoms with Crippen LogP contribution in [0, 0.1) is 0 Å². The van der Waals surface area contributed by atoms with Crippen molar-refractivity contribution in [1.29, 1.82) is 0 Å². The van der Waals surface area contributed by atoms with Crippen LogP contribution in [-0.2, 0) is 6.54 Å². The Morgan fingerprint density at radius 1 is 1.11 bits per heavy atom. The number of hydrogen-bond donors (Lipinski definition) is 1. The third kappa shape index (κ3) is 6.60. The lowest BCUT2D eigenvalue weighted by Crippen LogP contribution is -2.22. The summed E-state index contributed by atoms with van der Waals surface area (Å²) in [4.78, 5) is 2.38. The molecule has 0 aliphatic heterocycles. The van der Waals surface area contributed by atoms with Crippen LogP contribution in [0.15, 0.2) is 24.3 Å². The number of unbranched alkanes of at least 4 members (excludes halogenated alkanes) is 2. The topological polar surface area (TPSA) is 38.5 Å². The molecule has 0 unspecified atom stereocenters. The van der Waals surface area contributed by atoms with Crippen LogP contribution in [0.5, 0.6) is 5.75 Å². The van der Waals surface area contributed by atoms with E-state index in [4.69, 9.17) is 10.5 Å². The highest BCUT2D eigenvalue weighted by atomic mass is 16.5. The van der Waals surface area contributed by atoms with Crippen LogP contribution in [0.3, 0.4) is 0 Å². The Bertz CT molecular complexity index is 341. The van der Waals surface area contributed by atoms with Gasteiger partial charge in [0.2, 0.25) is 0 Å². The maximum absolute atomic E-state index is 5.80. The standard InChI is InChI=1S/C16H28N2O/c1-3-4-7-11-18(2)12-8-13-19-16-10-6-5-9-15(16)14-17/h5-6,9-10H,3-4,7-8,11-14,17H2,1-2H3. The molecule has 0 fully saturated rings. The van der Waals surface area contributed by atoms with Crippen molar-refractivity contribution in [3.05, 3.63) is 29.8 Å². The number of ether oxygens (including phenoxy) is 1. The molecule has 0 heterocycles. The first-order valence-corrected chi connectivity index (χ1v) is 7.37. The van der Waals surface area contributed by atoms with Gasteiger partial charge in [-0.05, 0) is 32.5 Å². The summed E-state index contributed by atoms with van der Waals surface area (Å²) in [5.41, 5.74) is 6.77. The van der Waals surface area contributed by atoms with E-state index in [2.05, 4.69) is 18.9 Å². The zero-order valence-electron chi connectivity index (χ0n) is 12.4. The summed E-state index contributed by atoms with van der Waals surface area (Å²) < 4.78 is 5.80. The number of rotatable bonds is 10. The third-order valence-corrected chi connectivity index (χ3v) is 3.28. The van der Waals surface area contributed by atoms with Crippen LogP contribution in [0.4, 0.5) is 0 Å². The molecule has 19 heavy (non-hydrogen) atoms. The van der Waals surface area contributed by atoms with Gasteiger partial charge in [-0.15, -0.1) is 0 Å². The smallest absolute Gasteiger partial charge is 0.123 e. The molecule has 1 aromatic carbocycles. The highest BCUT2D eigenvalue weighted by Crippen LogP contribution is 2.17. The van der Waals surface area contributed by atoms with E-state index in [0.717, 1.165) is 30.9 Å². The molecule has 0 radical (unpaired) electrons. The summed E-state index contributed by atoms with van der Waals surface area (Å²) in [5.74, 6) is 0.929. The average Bonchev–Trinajstić information content (AvgIpc) is 2.44. The van der Waals surface area contributed by atoms with Crippen LogP contribution >= 0.6 is 0 Å². The Kier molecular flexibility index (Phi) is 8.26. The minimum absolute atomic E-state index is 0.535. The fraction of sp³-hybridized carbons (Fsp3) is 0.625. The van der Waals surface area contributed by atoms with Gasteiger partial charge < -0.3 is 15.4 Å². The minimum Gasteiger partial charge on any atom is -0.493 e. The van der Waals surface area contributed by atoms with Crippen molar-refractivity contribution in [2.24, 2.45) is 5.73 Å². The number of nitrogens with zero attached hydrogens (tertiary/aromatic N) is 1. The van der Waals surface area contributed by atoms with Crippen molar-refractivity contribution in [1.82, 2.24) is 4.90 Å². The second-order valence-corrected chi connectivity index (χ2v) is 5.02. The van der Waals surface area contributed by atoms with Crippen molar-refractivity contribution in [3.63, 3.8) is 0 Å². The molecule has 2 N–H and O–H groups in total. The van der Waals surface area contributed by atoms with E-state index < -0.39 is 0 Å². The van der Waals surface area contributed by atoms with Crippen molar-refractivity contribution < 1.29 is 4.74 Å². The molecule has 0 aliphatic rings. The summed E-state index contributed by atoms with van der Waals surface area (Å²) in [5, 5.41) is 0. The van der Waals surface area contributed by atoms with Gasteiger partial charge in [0, 0.05) is 18.7 Å². The van der Waals surface area contributed by atoms with E-state index in [1.165, 1.54) is 25.8 Å². The lowest BCUT2D eigenvalue weighted by molar-refractivity contribution is 0.258. The van der Waals surface area contributed by atoms with Crippen LogP contribution < -0.4 is 10.5 Å². The van der Waals surface area contributed by atoms with E-state index in [1.807, 2.05) is 24.3 Å². The molecule has 0 aromatic heterocycles. The zero-order chi connectivity index (χ0) is 13.9. The molecule has 108 valence electrons. The molecular weight excluding hydrogens is 236 g/mol. The van der Waals surface area contributed by atoms with Crippen LogP contribution in [0.1, 0.15) is 38.2 Å². The summed E-state index contributed by atoms with van der Waals surface area (Å²) in [7, 11) is 2.18. The monoisotopic (exact) mass is 264 g/mol. The van der Waals surface area contributed by atoms with Gasteiger partial charge in [0.25, 0.3) is 0 Å². The molecule has 0 amide bonds. The van der Waals surface area contributed by atoms with Gasteiger partial charge in [-0.2, -0.15) is 0 Å². The van der Waals surface area contributed by atoms with Gasteiger partial charge in [0.05, 0.1) is 6.61 Å². The Morgan fingerprint density at radius 2 is 1.84 bits per heavy atom. The first-order chi connectivity index (χ1) is 9.27. The fourth-order valence-corrected chi connectivity index (χ4v) is 2.07. The maximum Gasteiger partial charge on any atom is 0.123 e. The molecule has 0 saturated carbocycles. The van der Waals surface area contributed by atoms with Crippen LogP contribution in [0.25, 0.3) is 0 Å². The Hall–Kier alpha value is -1.06. The van der Waals surface area contributed by atoms with Crippen molar-refractivity contribution >= 4 is 0 Å². The zero-order valence-corrected chi connectivity index (χ0v) is 12.4. The molecule has 0 spiro atoms. The van der Waals surface area contributed by atoms with E-state index in [9.17, 15) is 0 Å². The van der Waals surface area contributed by atoms with E-state index in [1.54, 1.807) is 0 Å². The third-order valence-electron chi connectivity index (χ3n) is 3.28. The Labute approximate surface area is 117 Å². The lowest BCUT2D eigenvalue weighted by Gasteiger charge is -2.16. The van der Waals surface area contributed by atoms with E-state index in [0.29, 0.717) is 6.54 Å². The van der Waals surface area contributed by atoms with Gasteiger partial charge in [0.1, 0.15) is 5.75 Å². The van der Waals surface area contributed by atoms with Crippen molar-refractivity contribution in [2.75, 3.05) is 26.7 Å². The number of nitrogens with two attached hydrogens (primary N) is 1. The maximum atomic E-state index is 5.80. The molecule has 3 nitrogen and oxygen atoms in total. The Morgan fingerprint density at radius 3 is 2.58 bits per heavy atom. The molecule has 1 aromatic rings. The van der Waals surface area contributed by atoms with Crippen molar-refractivity contribution in [2.45, 2.75) is 39.2 Å². The first kappa shape index (κ1) is 16.0. The van der Waals surface area contributed by atoms with Gasteiger partial charge >= 0.3 is 0 Å². The number of hydrogen-bond acceptors (Lipinski definition) is 3. The highest BCUT2D eigenvalue weighted by Gasteiger charge is 2.01. The molecule has 0 aliphatic carbocycles. The highest BCUT2D eigenvalue weighted by molar-refractivity contribution is 5.32. The van der Waals surface area contributed by atoms with E-state index >= 15 is 0 Å². The quantitative estimate of drug-likeness (QED) is 0.660. The summed E-state index contributed by atoms with van der Waals surface area (Å²) in [6, 6.07) is 8.00. The van der Waals surface area contributed by atoms with E-state index in [-0.39, 0.29) is 0 Å². The van der Waals surface area contributed by atoms with Gasteiger partial charge in [-0.3, -0.25) is 0 Å². The van der Waals surface area contributed by atoms with Gasteiger partial charge in [-0.25, -0.2) is 0 Å². The van der Waals surface area contributed by atoms with Crippen LogP contribution in [0.2, 0.25) is 0 Å². The molecule has 0 atom stereocenters. The molecular formula is C16H28N2O. The molecule has 1 rings (SSSR count). The molecule has 3 heteroatoms. The molecule has 0 bridgehead atoms. The summed E-state index contributed by atoms with van der Waals surface area (Å²) >= 11 is 0. The normalized spacial score (nSPS) is 10.9.